The van der Waals surface area contributed by atoms with Gasteiger partial charge in [-0.25, -0.2) is 4.98 Å². The minimum atomic E-state index is -0.920. The van der Waals surface area contributed by atoms with Crippen LogP contribution >= 0.6 is 23.1 Å². The van der Waals surface area contributed by atoms with E-state index in [1.54, 1.807) is 15.9 Å². The van der Waals surface area contributed by atoms with Crippen LogP contribution in [-0.4, -0.2) is 26.4 Å². The van der Waals surface area contributed by atoms with E-state index >= 15 is 0 Å². The zero-order valence-corrected chi connectivity index (χ0v) is 14.6. The van der Waals surface area contributed by atoms with Gasteiger partial charge in [-0.05, 0) is 38.2 Å². The molecule has 0 atom stereocenters. The van der Waals surface area contributed by atoms with E-state index < -0.39 is 5.97 Å². The van der Waals surface area contributed by atoms with Crippen molar-refractivity contribution in [1.29, 1.82) is 0 Å². The van der Waals surface area contributed by atoms with Gasteiger partial charge in [0.05, 0.1) is 11.1 Å². The van der Waals surface area contributed by atoms with Crippen LogP contribution in [0.25, 0.3) is 10.2 Å². The highest BCUT2D eigenvalue weighted by Gasteiger charge is 2.22. The van der Waals surface area contributed by atoms with Crippen molar-refractivity contribution in [2.45, 2.75) is 44.3 Å². The lowest BCUT2D eigenvalue weighted by Crippen LogP contribution is -2.24. The standard InChI is InChI=1S/C16H18N2O3S2/c1-9(2)7-18-15(21)13-10-5-3-4-6-11(10)23-14(13)17-16(18)22-8-12(19)20/h1,3-8H2,2H3,(H,19,20). The minimum Gasteiger partial charge on any atom is -0.481 e. The highest BCUT2D eigenvalue weighted by atomic mass is 32.2. The summed E-state index contributed by atoms with van der Waals surface area (Å²) in [5.41, 5.74) is 1.93. The average Bonchev–Trinajstić information content (AvgIpc) is 2.86. The molecule has 0 saturated heterocycles. The monoisotopic (exact) mass is 350 g/mol. The van der Waals surface area contributed by atoms with E-state index in [2.05, 4.69) is 11.6 Å². The van der Waals surface area contributed by atoms with Crippen molar-refractivity contribution in [1.82, 2.24) is 9.55 Å². The quantitative estimate of drug-likeness (QED) is 0.510. The van der Waals surface area contributed by atoms with Gasteiger partial charge in [0.25, 0.3) is 5.56 Å². The first-order valence-corrected chi connectivity index (χ1v) is 9.31. The number of hydrogen-bond donors (Lipinski definition) is 1. The second kappa shape index (κ2) is 6.49. The fraction of sp³-hybridized carbons (Fsp3) is 0.438. The molecule has 0 saturated carbocycles. The number of carboxylic acid groups (broad SMARTS) is 1. The summed E-state index contributed by atoms with van der Waals surface area (Å²) in [6.07, 6.45) is 4.20. The number of aryl methyl sites for hydroxylation is 2. The van der Waals surface area contributed by atoms with Crippen molar-refractivity contribution in [3.63, 3.8) is 0 Å². The van der Waals surface area contributed by atoms with Gasteiger partial charge in [-0.2, -0.15) is 0 Å². The molecule has 0 amide bonds. The summed E-state index contributed by atoms with van der Waals surface area (Å²) in [4.78, 5) is 30.5. The molecule has 2 aromatic heterocycles. The van der Waals surface area contributed by atoms with Crippen LogP contribution in [0.2, 0.25) is 0 Å². The first-order valence-electron chi connectivity index (χ1n) is 7.51. The molecule has 0 unspecified atom stereocenters. The first kappa shape index (κ1) is 16.3. The van der Waals surface area contributed by atoms with Crippen molar-refractivity contribution in [3.8, 4) is 0 Å². The van der Waals surface area contributed by atoms with Gasteiger partial charge >= 0.3 is 5.97 Å². The molecular formula is C16H18N2O3S2. The predicted molar refractivity (Wildman–Crippen MR) is 93.7 cm³/mol. The normalized spacial score (nSPS) is 14.0. The smallest absolute Gasteiger partial charge is 0.313 e. The maximum atomic E-state index is 13.0. The van der Waals surface area contributed by atoms with E-state index in [4.69, 9.17) is 5.11 Å². The van der Waals surface area contributed by atoms with Crippen molar-refractivity contribution >= 4 is 39.3 Å². The van der Waals surface area contributed by atoms with Gasteiger partial charge in [0, 0.05) is 11.4 Å². The third kappa shape index (κ3) is 3.21. The lowest BCUT2D eigenvalue weighted by Gasteiger charge is -2.13. The van der Waals surface area contributed by atoms with Crippen LogP contribution in [0.5, 0.6) is 0 Å². The molecule has 0 bridgehead atoms. The third-order valence-electron chi connectivity index (χ3n) is 3.79. The number of aromatic nitrogens is 2. The summed E-state index contributed by atoms with van der Waals surface area (Å²) in [7, 11) is 0. The summed E-state index contributed by atoms with van der Waals surface area (Å²) < 4.78 is 1.57. The summed E-state index contributed by atoms with van der Waals surface area (Å²) in [6, 6.07) is 0. The van der Waals surface area contributed by atoms with Crippen LogP contribution in [0, 0.1) is 0 Å². The number of fused-ring (bicyclic) bond motifs is 3. The Labute approximate surface area is 142 Å². The van der Waals surface area contributed by atoms with E-state index in [0.717, 1.165) is 58.8 Å². The van der Waals surface area contributed by atoms with Gasteiger partial charge in [-0.15, -0.1) is 11.3 Å². The Balaban J connectivity index is 2.19. The van der Waals surface area contributed by atoms with Crippen LogP contribution < -0.4 is 5.56 Å². The molecule has 5 nitrogen and oxygen atoms in total. The van der Waals surface area contributed by atoms with E-state index in [1.807, 2.05) is 6.92 Å². The summed E-state index contributed by atoms with van der Waals surface area (Å²) >= 11 is 2.67. The second-order valence-electron chi connectivity index (χ2n) is 5.82. The van der Waals surface area contributed by atoms with Crippen LogP contribution in [0.1, 0.15) is 30.2 Å². The molecule has 0 aromatic carbocycles. The average molecular weight is 350 g/mol. The van der Waals surface area contributed by atoms with Gasteiger partial charge in [0.1, 0.15) is 4.83 Å². The van der Waals surface area contributed by atoms with Crippen LogP contribution in [0.4, 0.5) is 0 Å². The molecule has 3 rings (SSSR count). The zero-order chi connectivity index (χ0) is 16.6. The Morgan fingerprint density at radius 1 is 1.43 bits per heavy atom. The first-order chi connectivity index (χ1) is 11.0. The lowest BCUT2D eigenvalue weighted by molar-refractivity contribution is -0.133. The molecule has 0 radical (unpaired) electrons. The maximum absolute atomic E-state index is 13.0. The number of carbonyl (C=O) groups is 1. The molecule has 1 aliphatic rings. The number of rotatable bonds is 5. The Bertz CT molecular complexity index is 851. The Morgan fingerprint density at radius 3 is 2.87 bits per heavy atom. The molecule has 0 aliphatic heterocycles. The largest absolute Gasteiger partial charge is 0.481 e. The van der Waals surface area contributed by atoms with E-state index in [0.29, 0.717) is 11.7 Å². The number of thiophene rings is 1. The minimum absolute atomic E-state index is 0.0645. The van der Waals surface area contributed by atoms with Crippen molar-refractivity contribution in [2.24, 2.45) is 0 Å². The summed E-state index contributed by atoms with van der Waals surface area (Å²) in [5, 5.41) is 10.1. The number of aliphatic carboxylic acids is 1. The maximum Gasteiger partial charge on any atom is 0.313 e. The van der Waals surface area contributed by atoms with E-state index in [-0.39, 0.29) is 11.3 Å². The van der Waals surface area contributed by atoms with Crippen molar-refractivity contribution in [3.05, 3.63) is 32.9 Å². The molecule has 1 N–H and O–H groups in total. The van der Waals surface area contributed by atoms with Gasteiger partial charge < -0.3 is 5.11 Å². The number of thioether (sulfide) groups is 1. The van der Waals surface area contributed by atoms with Crippen molar-refractivity contribution < 1.29 is 9.90 Å². The summed E-state index contributed by atoms with van der Waals surface area (Å²) in [6.45, 7) is 6.09. The Hall–Kier alpha value is -1.60. The zero-order valence-electron chi connectivity index (χ0n) is 12.9. The predicted octanol–water partition coefficient (Wildman–Crippen LogP) is 3.09. The molecule has 0 fully saturated rings. The second-order valence-corrected chi connectivity index (χ2v) is 7.84. The SMILES string of the molecule is C=C(C)Cn1c(SCC(=O)O)nc2sc3c(c2c1=O)CCCC3. The molecule has 2 aromatic rings. The van der Waals surface area contributed by atoms with E-state index in [1.165, 1.54) is 4.88 Å². The van der Waals surface area contributed by atoms with Crippen molar-refractivity contribution in [2.75, 3.05) is 5.75 Å². The number of carboxylic acids is 1. The Kier molecular flexibility index (Phi) is 4.59. The molecule has 23 heavy (non-hydrogen) atoms. The lowest BCUT2D eigenvalue weighted by atomic mass is 9.97. The van der Waals surface area contributed by atoms with E-state index in [9.17, 15) is 9.59 Å². The van der Waals surface area contributed by atoms with Gasteiger partial charge in [-0.3, -0.25) is 14.2 Å². The number of nitrogens with zero attached hydrogens (tertiary/aromatic N) is 2. The molecule has 1 aliphatic carbocycles. The molecule has 0 spiro atoms. The van der Waals surface area contributed by atoms with Gasteiger partial charge in [0.2, 0.25) is 0 Å². The van der Waals surface area contributed by atoms with Gasteiger partial charge in [-0.1, -0.05) is 23.9 Å². The topological polar surface area (TPSA) is 72.2 Å². The number of allylic oxidation sites excluding steroid dienone is 1. The summed E-state index contributed by atoms with van der Waals surface area (Å²) in [5.74, 6) is -1.03. The number of hydrogen-bond acceptors (Lipinski definition) is 5. The van der Waals surface area contributed by atoms with Crippen LogP contribution in [0.15, 0.2) is 22.1 Å². The molecular weight excluding hydrogens is 332 g/mol. The van der Waals surface area contributed by atoms with Crippen LogP contribution in [0.3, 0.4) is 0 Å². The van der Waals surface area contributed by atoms with Gasteiger partial charge in [0.15, 0.2) is 5.16 Å². The fourth-order valence-electron chi connectivity index (χ4n) is 2.87. The fourth-order valence-corrected chi connectivity index (χ4v) is 4.89. The third-order valence-corrected chi connectivity index (χ3v) is 5.94. The molecule has 2 heterocycles. The Morgan fingerprint density at radius 2 is 2.17 bits per heavy atom. The van der Waals surface area contributed by atoms with Crippen LogP contribution in [-0.2, 0) is 24.2 Å². The molecule has 7 heteroatoms. The highest BCUT2D eigenvalue weighted by Crippen LogP contribution is 2.34. The molecule has 122 valence electrons. The highest BCUT2D eigenvalue weighted by molar-refractivity contribution is 7.99.